The molecule has 0 bridgehead atoms. The van der Waals surface area contributed by atoms with E-state index >= 15 is 0 Å². The largest absolute Gasteiger partial charge is 0.497 e. The first-order valence-corrected chi connectivity index (χ1v) is 13.1. The quantitative estimate of drug-likeness (QED) is 0.406. The second kappa shape index (κ2) is 10.0. The third-order valence-electron chi connectivity index (χ3n) is 4.54. The Hall–Kier alpha value is -3.77. The Morgan fingerprint density at radius 2 is 1.47 bits per heavy atom. The van der Waals surface area contributed by atoms with Gasteiger partial charge in [-0.15, -0.1) is 0 Å². The number of para-hydroxylation sites is 1. The summed E-state index contributed by atoms with van der Waals surface area (Å²) < 4.78 is 63.9. The van der Waals surface area contributed by atoms with Crippen LogP contribution in [0.1, 0.15) is 10.4 Å². The van der Waals surface area contributed by atoms with Gasteiger partial charge in [0.1, 0.15) is 11.5 Å². The van der Waals surface area contributed by atoms with Crippen LogP contribution in [-0.4, -0.2) is 43.2 Å². The highest BCUT2D eigenvalue weighted by Crippen LogP contribution is 2.31. The van der Waals surface area contributed by atoms with Crippen LogP contribution in [0.15, 0.2) is 71.6 Å². The van der Waals surface area contributed by atoms with Crippen molar-refractivity contribution in [3.8, 4) is 11.5 Å². The molecule has 3 rings (SSSR count). The van der Waals surface area contributed by atoms with E-state index in [1.165, 1.54) is 56.7 Å². The first-order valence-electron chi connectivity index (χ1n) is 9.75. The SMILES string of the molecule is COc1ccc(OC)c(NS(=O)(=O)c2ccc(NC(=O)c3ccccc3NS(C)(=O)=O)cc2)c1. The fourth-order valence-electron chi connectivity index (χ4n) is 2.98. The Labute approximate surface area is 198 Å². The smallest absolute Gasteiger partial charge is 0.262 e. The van der Waals surface area contributed by atoms with Crippen LogP contribution in [0, 0.1) is 0 Å². The second-order valence-electron chi connectivity index (χ2n) is 7.07. The number of methoxy groups -OCH3 is 2. The van der Waals surface area contributed by atoms with Gasteiger partial charge in [0.25, 0.3) is 15.9 Å². The predicted octanol–water partition coefficient (Wildman–Crippen LogP) is 3.13. The lowest BCUT2D eigenvalue weighted by atomic mass is 10.1. The molecule has 0 unspecified atom stereocenters. The van der Waals surface area contributed by atoms with Gasteiger partial charge in [-0.25, -0.2) is 16.8 Å². The molecule has 0 spiro atoms. The van der Waals surface area contributed by atoms with Crippen molar-refractivity contribution in [2.24, 2.45) is 0 Å². The molecule has 180 valence electrons. The van der Waals surface area contributed by atoms with Gasteiger partial charge in [0.15, 0.2) is 0 Å². The second-order valence-corrected chi connectivity index (χ2v) is 10.5. The molecule has 0 radical (unpaired) electrons. The predicted molar refractivity (Wildman–Crippen MR) is 130 cm³/mol. The lowest BCUT2D eigenvalue weighted by Crippen LogP contribution is -2.17. The number of carbonyl (C=O) groups is 1. The normalized spacial score (nSPS) is 11.4. The van der Waals surface area contributed by atoms with Crippen LogP contribution in [0.5, 0.6) is 11.5 Å². The molecule has 0 saturated carbocycles. The fraction of sp³-hybridized carbons (Fsp3) is 0.136. The van der Waals surface area contributed by atoms with Crippen molar-refractivity contribution in [3.63, 3.8) is 0 Å². The molecule has 0 aliphatic rings. The zero-order chi connectivity index (χ0) is 24.9. The van der Waals surface area contributed by atoms with Crippen LogP contribution >= 0.6 is 0 Å². The number of rotatable bonds is 9. The van der Waals surface area contributed by atoms with Crippen LogP contribution < -0.4 is 24.2 Å². The number of amides is 1. The molecule has 3 N–H and O–H groups in total. The van der Waals surface area contributed by atoms with Crippen molar-refractivity contribution in [2.75, 3.05) is 35.2 Å². The van der Waals surface area contributed by atoms with E-state index in [0.29, 0.717) is 17.2 Å². The highest BCUT2D eigenvalue weighted by Gasteiger charge is 2.18. The van der Waals surface area contributed by atoms with E-state index in [0.717, 1.165) is 6.26 Å². The molecule has 0 fully saturated rings. The molecule has 0 aromatic heterocycles. The zero-order valence-corrected chi connectivity index (χ0v) is 20.2. The Morgan fingerprint density at radius 3 is 2.09 bits per heavy atom. The maximum absolute atomic E-state index is 12.8. The Kier molecular flexibility index (Phi) is 7.32. The van der Waals surface area contributed by atoms with Gasteiger partial charge < -0.3 is 14.8 Å². The Bertz CT molecular complexity index is 1400. The molecule has 3 aromatic carbocycles. The first-order chi connectivity index (χ1) is 16.0. The van der Waals surface area contributed by atoms with E-state index in [4.69, 9.17) is 9.47 Å². The van der Waals surface area contributed by atoms with E-state index < -0.39 is 26.0 Å². The van der Waals surface area contributed by atoms with Gasteiger partial charge in [0, 0.05) is 11.8 Å². The zero-order valence-electron chi connectivity index (χ0n) is 18.5. The lowest BCUT2D eigenvalue weighted by molar-refractivity contribution is 0.102. The summed E-state index contributed by atoms with van der Waals surface area (Å²) in [5, 5.41) is 2.62. The standard InChI is InChI=1S/C22H23N3O7S2/c1-31-16-10-13-21(32-2)20(14-16)25-34(29,30)17-11-8-15(9-12-17)23-22(26)18-6-4-5-7-19(18)24-33(3,27)28/h4-14,24-25H,1-3H3,(H,23,26). The van der Waals surface area contributed by atoms with E-state index in [2.05, 4.69) is 14.8 Å². The average molecular weight is 506 g/mol. The molecule has 1 amide bonds. The minimum absolute atomic E-state index is 0.0467. The molecule has 12 heteroatoms. The lowest BCUT2D eigenvalue weighted by Gasteiger charge is -2.14. The maximum Gasteiger partial charge on any atom is 0.262 e. The molecule has 3 aromatic rings. The number of benzene rings is 3. The third-order valence-corrected chi connectivity index (χ3v) is 6.51. The number of hydrogen-bond donors (Lipinski definition) is 3. The van der Waals surface area contributed by atoms with Gasteiger partial charge in [-0.2, -0.15) is 0 Å². The average Bonchev–Trinajstić information content (AvgIpc) is 2.78. The summed E-state index contributed by atoms with van der Waals surface area (Å²) in [6.45, 7) is 0. The summed E-state index contributed by atoms with van der Waals surface area (Å²) in [6, 6.07) is 16.3. The fourth-order valence-corrected chi connectivity index (χ4v) is 4.62. The summed E-state index contributed by atoms with van der Waals surface area (Å²) in [6.07, 6.45) is 0.982. The minimum atomic E-state index is -3.97. The minimum Gasteiger partial charge on any atom is -0.497 e. The van der Waals surface area contributed by atoms with Crippen molar-refractivity contribution in [3.05, 3.63) is 72.3 Å². The van der Waals surface area contributed by atoms with Crippen molar-refractivity contribution in [1.82, 2.24) is 0 Å². The van der Waals surface area contributed by atoms with Gasteiger partial charge in [0.2, 0.25) is 10.0 Å². The van der Waals surface area contributed by atoms with Crippen LogP contribution in [-0.2, 0) is 20.0 Å². The molecule has 34 heavy (non-hydrogen) atoms. The number of carbonyl (C=O) groups excluding carboxylic acids is 1. The van der Waals surface area contributed by atoms with E-state index in [1.54, 1.807) is 24.3 Å². The van der Waals surface area contributed by atoms with Crippen molar-refractivity contribution < 1.29 is 31.1 Å². The highest BCUT2D eigenvalue weighted by molar-refractivity contribution is 7.92. The number of nitrogens with one attached hydrogen (secondary N) is 3. The van der Waals surface area contributed by atoms with Crippen LogP contribution in [0.3, 0.4) is 0 Å². The van der Waals surface area contributed by atoms with Crippen molar-refractivity contribution in [2.45, 2.75) is 4.90 Å². The van der Waals surface area contributed by atoms with E-state index in [-0.39, 0.29) is 21.8 Å². The summed E-state index contributed by atoms with van der Waals surface area (Å²) >= 11 is 0. The van der Waals surface area contributed by atoms with Crippen LogP contribution in [0.25, 0.3) is 0 Å². The molecule has 0 saturated heterocycles. The molecule has 0 heterocycles. The summed E-state index contributed by atoms with van der Waals surface area (Å²) in [5.41, 5.74) is 0.751. The highest BCUT2D eigenvalue weighted by atomic mass is 32.2. The van der Waals surface area contributed by atoms with Crippen molar-refractivity contribution >= 4 is 43.0 Å². The molecular weight excluding hydrogens is 482 g/mol. The molecular formula is C22H23N3O7S2. The van der Waals surface area contributed by atoms with Gasteiger partial charge in [-0.1, -0.05) is 12.1 Å². The van der Waals surface area contributed by atoms with Crippen LogP contribution in [0.4, 0.5) is 17.1 Å². The summed E-state index contributed by atoms with van der Waals surface area (Å²) in [4.78, 5) is 12.6. The molecule has 10 nitrogen and oxygen atoms in total. The Morgan fingerprint density at radius 1 is 0.794 bits per heavy atom. The summed E-state index contributed by atoms with van der Waals surface area (Å²) in [5.74, 6) is 0.193. The van der Waals surface area contributed by atoms with Gasteiger partial charge in [-0.3, -0.25) is 14.2 Å². The first kappa shape index (κ1) is 24.9. The Balaban J connectivity index is 1.79. The van der Waals surface area contributed by atoms with E-state index in [9.17, 15) is 21.6 Å². The molecule has 0 aliphatic heterocycles. The maximum atomic E-state index is 12.8. The molecule has 0 aliphatic carbocycles. The number of hydrogen-bond acceptors (Lipinski definition) is 7. The topological polar surface area (TPSA) is 140 Å². The van der Waals surface area contributed by atoms with Gasteiger partial charge >= 0.3 is 0 Å². The van der Waals surface area contributed by atoms with E-state index in [1.807, 2.05) is 0 Å². The van der Waals surface area contributed by atoms with Gasteiger partial charge in [0.05, 0.1) is 42.3 Å². The van der Waals surface area contributed by atoms with Crippen LogP contribution in [0.2, 0.25) is 0 Å². The van der Waals surface area contributed by atoms with Crippen molar-refractivity contribution in [1.29, 1.82) is 0 Å². The number of anilines is 3. The van der Waals surface area contributed by atoms with Gasteiger partial charge in [-0.05, 0) is 48.5 Å². The number of ether oxygens (including phenoxy) is 2. The third kappa shape index (κ3) is 6.17. The number of sulfonamides is 2. The summed E-state index contributed by atoms with van der Waals surface area (Å²) in [7, 11) is -4.68. The molecule has 0 atom stereocenters. The monoisotopic (exact) mass is 505 g/mol.